The summed E-state index contributed by atoms with van der Waals surface area (Å²) >= 11 is 0. The van der Waals surface area contributed by atoms with Gasteiger partial charge in [-0.05, 0) is 86.6 Å². The van der Waals surface area contributed by atoms with Gasteiger partial charge in [0.1, 0.15) is 11.2 Å². The lowest BCUT2D eigenvalue weighted by Crippen LogP contribution is -2.17. The largest absolute Gasteiger partial charge is 0.456 e. The number of fused-ring (bicyclic) bond motifs is 7. The maximum atomic E-state index is 6.56. The van der Waals surface area contributed by atoms with Gasteiger partial charge in [-0.1, -0.05) is 147 Å². The van der Waals surface area contributed by atoms with Crippen molar-refractivity contribution in [2.75, 3.05) is 4.90 Å². The van der Waals surface area contributed by atoms with Gasteiger partial charge in [-0.2, -0.15) is 0 Å². The van der Waals surface area contributed by atoms with Crippen LogP contribution in [-0.2, 0) is 5.41 Å². The van der Waals surface area contributed by atoms with Crippen LogP contribution in [0.25, 0.3) is 66.1 Å². The summed E-state index contributed by atoms with van der Waals surface area (Å²) in [5, 5.41) is 4.64. The predicted molar refractivity (Wildman–Crippen MR) is 214 cm³/mol. The van der Waals surface area contributed by atoms with Crippen LogP contribution >= 0.6 is 0 Å². The molecule has 0 radical (unpaired) electrons. The van der Waals surface area contributed by atoms with Crippen LogP contribution in [0.4, 0.5) is 17.1 Å². The molecule has 51 heavy (non-hydrogen) atoms. The highest BCUT2D eigenvalue weighted by Crippen LogP contribution is 2.52. The molecule has 0 N–H and O–H groups in total. The Morgan fingerprint density at radius 3 is 1.84 bits per heavy atom. The van der Waals surface area contributed by atoms with Crippen LogP contribution in [0, 0.1) is 0 Å². The molecular weight excluding hydrogens is 619 g/mol. The van der Waals surface area contributed by atoms with E-state index in [1.807, 2.05) is 0 Å². The van der Waals surface area contributed by atoms with Gasteiger partial charge < -0.3 is 9.32 Å². The van der Waals surface area contributed by atoms with E-state index >= 15 is 0 Å². The molecule has 242 valence electrons. The summed E-state index contributed by atoms with van der Waals surface area (Å²) in [6, 6.07) is 63.7. The molecule has 2 nitrogen and oxygen atoms in total. The van der Waals surface area contributed by atoms with Crippen molar-refractivity contribution in [3.05, 3.63) is 187 Å². The molecule has 0 saturated carbocycles. The van der Waals surface area contributed by atoms with Crippen molar-refractivity contribution < 1.29 is 4.42 Å². The van der Waals surface area contributed by atoms with Crippen molar-refractivity contribution in [3.8, 4) is 33.4 Å². The van der Waals surface area contributed by atoms with Crippen molar-refractivity contribution in [2.24, 2.45) is 0 Å². The first kappa shape index (κ1) is 29.5. The Kier molecular flexibility index (Phi) is 6.56. The summed E-state index contributed by atoms with van der Waals surface area (Å²) in [6.45, 7) is 4.71. The Morgan fingerprint density at radius 2 is 1.04 bits per heavy atom. The molecule has 0 fully saturated rings. The minimum Gasteiger partial charge on any atom is -0.456 e. The third-order valence-corrected chi connectivity index (χ3v) is 10.9. The van der Waals surface area contributed by atoms with E-state index in [0.717, 1.165) is 50.1 Å². The Balaban J connectivity index is 1.25. The van der Waals surface area contributed by atoms with Crippen molar-refractivity contribution >= 4 is 49.8 Å². The highest BCUT2D eigenvalue weighted by molar-refractivity contribution is 6.16. The van der Waals surface area contributed by atoms with E-state index in [-0.39, 0.29) is 5.41 Å². The fraction of sp³-hybridized carbons (Fsp3) is 0.0612. The summed E-state index contributed by atoms with van der Waals surface area (Å²) in [5.74, 6) is 0. The van der Waals surface area contributed by atoms with E-state index in [2.05, 4.69) is 195 Å². The third-order valence-electron chi connectivity index (χ3n) is 10.9. The normalized spacial score (nSPS) is 13.1. The number of rotatable bonds is 5. The zero-order chi connectivity index (χ0) is 34.1. The second-order valence-electron chi connectivity index (χ2n) is 14.1. The van der Waals surface area contributed by atoms with Gasteiger partial charge in [0.2, 0.25) is 0 Å². The van der Waals surface area contributed by atoms with Crippen LogP contribution < -0.4 is 4.90 Å². The first-order chi connectivity index (χ1) is 25.1. The zero-order valence-electron chi connectivity index (χ0n) is 28.6. The molecule has 1 heterocycles. The minimum atomic E-state index is -0.129. The average molecular weight is 654 g/mol. The topological polar surface area (TPSA) is 16.4 Å². The SMILES string of the molecule is CC1(C)c2ccccc2-c2ccc(N(c3ccccc3-c3ccccc3)c3ccccc3-c3cccc4oc5cc6ccccc6cc5c34)cc21. The van der Waals surface area contributed by atoms with Crippen LogP contribution in [0.2, 0.25) is 0 Å². The standard InChI is InChI=1S/C49H35NO/c1-49(2)42-23-11-8-20-37(42)38-28-27-35(31-43(38)49)50(44-24-12-9-19-36(44)32-15-4-3-5-16-32)45-25-13-10-21-39(45)40-22-14-26-46-48(40)41-29-33-17-6-7-18-34(33)30-47(41)51-46/h3-31H,1-2H3. The van der Waals surface area contributed by atoms with Gasteiger partial charge in [0, 0.05) is 33.0 Å². The van der Waals surface area contributed by atoms with E-state index in [9.17, 15) is 0 Å². The lowest BCUT2D eigenvalue weighted by molar-refractivity contribution is 0.660. The van der Waals surface area contributed by atoms with E-state index in [4.69, 9.17) is 4.42 Å². The first-order valence-corrected chi connectivity index (χ1v) is 17.7. The molecule has 0 aliphatic heterocycles. The Morgan fingerprint density at radius 1 is 0.431 bits per heavy atom. The van der Waals surface area contributed by atoms with Gasteiger partial charge in [0.15, 0.2) is 0 Å². The molecule has 0 amide bonds. The maximum absolute atomic E-state index is 6.56. The highest BCUT2D eigenvalue weighted by atomic mass is 16.3. The third kappa shape index (κ3) is 4.57. The van der Waals surface area contributed by atoms with Gasteiger partial charge in [0.05, 0.1) is 11.4 Å². The molecule has 9 aromatic rings. The van der Waals surface area contributed by atoms with Crippen LogP contribution in [0.5, 0.6) is 0 Å². The van der Waals surface area contributed by atoms with Gasteiger partial charge in [-0.15, -0.1) is 0 Å². The molecule has 1 aliphatic carbocycles. The summed E-state index contributed by atoms with van der Waals surface area (Å²) in [4.78, 5) is 2.47. The second-order valence-corrected chi connectivity index (χ2v) is 14.1. The van der Waals surface area contributed by atoms with Gasteiger partial charge in [-0.3, -0.25) is 0 Å². The van der Waals surface area contributed by atoms with Gasteiger partial charge >= 0.3 is 0 Å². The van der Waals surface area contributed by atoms with E-state index in [1.165, 1.54) is 44.2 Å². The second kappa shape index (κ2) is 11.3. The molecule has 0 spiro atoms. The Labute approximate surface area is 297 Å². The number of furan rings is 1. The number of hydrogen-bond acceptors (Lipinski definition) is 2. The fourth-order valence-electron chi connectivity index (χ4n) is 8.40. The number of benzene rings is 8. The zero-order valence-corrected chi connectivity index (χ0v) is 28.6. The van der Waals surface area contributed by atoms with E-state index < -0.39 is 0 Å². The quantitative estimate of drug-likeness (QED) is 0.184. The predicted octanol–water partition coefficient (Wildman–Crippen LogP) is 13.8. The molecule has 1 aliphatic rings. The molecule has 0 unspecified atom stereocenters. The van der Waals surface area contributed by atoms with Crippen LogP contribution in [-0.4, -0.2) is 0 Å². The molecule has 0 bridgehead atoms. The van der Waals surface area contributed by atoms with Crippen molar-refractivity contribution in [3.63, 3.8) is 0 Å². The molecule has 8 aromatic carbocycles. The summed E-state index contributed by atoms with van der Waals surface area (Å²) in [5.41, 5.74) is 15.0. The fourth-order valence-corrected chi connectivity index (χ4v) is 8.40. The summed E-state index contributed by atoms with van der Waals surface area (Å²) in [6.07, 6.45) is 0. The first-order valence-electron chi connectivity index (χ1n) is 17.7. The average Bonchev–Trinajstić information content (AvgIpc) is 3.66. The maximum Gasteiger partial charge on any atom is 0.136 e. The molecule has 10 rings (SSSR count). The van der Waals surface area contributed by atoms with Crippen molar-refractivity contribution in [2.45, 2.75) is 19.3 Å². The van der Waals surface area contributed by atoms with E-state index in [1.54, 1.807) is 0 Å². The van der Waals surface area contributed by atoms with Crippen molar-refractivity contribution in [1.82, 2.24) is 0 Å². The Bertz CT molecular complexity index is 2790. The molecule has 2 heteroatoms. The van der Waals surface area contributed by atoms with Gasteiger partial charge in [-0.25, -0.2) is 0 Å². The van der Waals surface area contributed by atoms with Crippen LogP contribution in [0.15, 0.2) is 180 Å². The van der Waals surface area contributed by atoms with Crippen LogP contribution in [0.3, 0.4) is 0 Å². The molecule has 0 saturated heterocycles. The smallest absolute Gasteiger partial charge is 0.136 e. The Hall–Kier alpha value is -6.38. The molecule has 0 atom stereocenters. The minimum absolute atomic E-state index is 0.129. The lowest BCUT2D eigenvalue weighted by atomic mass is 9.82. The lowest BCUT2D eigenvalue weighted by Gasteiger charge is -2.31. The van der Waals surface area contributed by atoms with E-state index in [0.29, 0.717) is 0 Å². The summed E-state index contributed by atoms with van der Waals surface area (Å²) in [7, 11) is 0. The number of para-hydroxylation sites is 2. The monoisotopic (exact) mass is 653 g/mol. The molecule has 1 aromatic heterocycles. The molecular formula is C49H35NO. The highest BCUT2D eigenvalue weighted by Gasteiger charge is 2.36. The van der Waals surface area contributed by atoms with Crippen molar-refractivity contribution in [1.29, 1.82) is 0 Å². The number of anilines is 3. The van der Waals surface area contributed by atoms with Crippen LogP contribution in [0.1, 0.15) is 25.0 Å². The number of nitrogens with zero attached hydrogens (tertiary/aromatic N) is 1. The van der Waals surface area contributed by atoms with Gasteiger partial charge in [0.25, 0.3) is 0 Å². The number of hydrogen-bond donors (Lipinski definition) is 0. The summed E-state index contributed by atoms with van der Waals surface area (Å²) < 4.78 is 6.56.